The number of carbonyl (C=O) groups is 1. The second kappa shape index (κ2) is 4.09. The largest absolute Gasteiger partial charge is 0.469 e. The molecule has 0 spiro atoms. The van der Waals surface area contributed by atoms with Crippen LogP contribution in [0.2, 0.25) is 0 Å². The Morgan fingerprint density at radius 2 is 2.31 bits per heavy atom. The summed E-state index contributed by atoms with van der Waals surface area (Å²) >= 11 is 0. The number of methoxy groups -OCH3 is 1. The smallest absolute Gasteiger partial charge is 0.309 e. The van der Waals surface area contributed by atoms with Crippen molar-refractivity contribution >= 4 is 5.97 Å². The Morgan fingerprint density at radius 1 is 1.62 bits per heavy atom. The fourth-order valence-electron chi connectivity index (χ4n) is 2.13. The minimum absolute atomic E-state index is 0.0762. The molecule has 0 heterocycles. The summed E-state index contributed by atoms with van der Waals surface area (Å²) in [5, 5.41) is 9.26. The van der Waals surface area contributed by atoms with Crippen molar-refractivity contribution in [3.8, 4) is 0 Å². The molecule has 1 rings (SSSR count). The molecule has 1 aliphatic rings. The number of ether oxygens (including phenoxy) is 1. The normalized spacial score (nSPS) is 34.2. The number of aliphatic hydroxyl groups excluding tert-OH is 1. The van der Waals surface area contributed by atoms with Crippen LogP contribution in [-0.2, 0) is 9.53 Å². The zero-order chi connectivity index (χ0) is 9.90. The van der Waals surface area contributed by atoms with E-state index in [1.807, 2.05) is 6.92 Å². The standard InChI is InChI=1S/C10H18O3/c1-10(7-11)6-4-3-5-8(10)9(12)13-2/h8,11H,3-7H2,1-2H3. The molecule has 13 heavy (non-hydrogen) atoms. The average Bonchev–Trinajstić information content (AvgIpc) is 2.17. The van der Waals surface area contributed by atoms with Crippen molar-refractivity contribution in [3.05, 3.63) is 0 Å². The Morgan fingerprint density at radius 3 is 2.85 bits per heavy atom. The van der Waals surface area contributed by atoms with E-state index >= 15 is 0 Å². The highest BCUT2D eigenvalue weighted by atomic mass is 16.5. The van der Waals surface area contributed by atoms with E-state index in [0.717, 1.165) is 25.7 Å². The van der Waals surface area contributed by atoms with E-state index in [0.29, 0.717) is 0 Å². The zero-order valence-corrected chi connectivity index (χ0v) is 8.38. The monoisotopic (exact) mass is 186 g/mol. The van der Waals surface area contributed by atoms with Gasteiger partial charge >= 0.3 is 5.97 Å². The number of esters is 1. The van der Waals surface area contributed by atoms with Crippen molar-refractivity contribution in [2.75, 3.05) is 13.7 Å². The number of aliphatic hydroxyl groups is 1. The molecule has 0 aromatic heterocycles. The van der Waals surface area contributed by atoms with E-state index in [-0.39, 0.29) is 23.9 Å². The number of rotatable bonds is 2. The first kappa shape index (κ1) is 10.5. The van der Waals surface area contributed by atoms with Crippen molar-refractivity contribution in [3.63, 3.8) is 0 Å². The molecule has 2 atom stereocenters. The highest BCUT2D eigenvalue weighted by molar-refractivity contribution is 5.73. The van der Waals surface area contributed by atoms with Crippen LogP contribution in [0, 0.1) is 11.3 Å². The van der Waals surface area contributed by atoms with Gasteiger partial charge in [0.05, 0.1) is 13.0 Å². The van der Waals surface area contributed by atoms with Crippen molar-refractivity contribution in [1.82, 2.24) is 0 Å². The van der Waals surface area contributed by atoms with Gasteiger partial charge in [-0.3, -0.25) is 4.79 Å². The van der Waals surface area contributed by atoms with Crippen molar-refractivity contribution in [2.24, 2.45) is 11.3 Å². The first-order chi connectivity index (χ1) is 6.14. The van der Waals surface area contributed by atoms with Crippen LogP contribution in [0.5, 0.6) is 0 Å². The maximum Gasteiger partial charge on any atom is 0.309 e. The maximum atomic E-state index is 11.4. The summed E-state index contributed by atoms with van der Waals surface area (Å²) < 4.78 is 4.74. The van der Waals surface area contributed by atoms with Crippen LogP contribution in [0.1, 0.15) is 32.6 Å². The Hall–Kier alpha value is -0.570. The molecule has 1 saturated carbocycles. The van der Waals surface area contributed by atoms with Crippen molar-refractivity contribution in [1.29, 1.82) is 0 Å². The van der Waals surface area contributed by atoms with Gasteiger partial charge in [-0.15, -0.1) is 0 Å². The number of hydrogen-bond acceptors (Lipinski definition) is 3. The average molecular weight is 186 g/mol. The van der Waals surface area contributed by atoms with Gasteiger partial charge in [-0.25, -0.2) is 0 Å². The lowest BCUT2D eigenvalue weighted by Gasteiger charge is -2.38. The molecule has 76 valence electrons. The molecular weight excluding hydrogens is 168 g/mol. The van der Waals surface area contributed by atoms with E-state index < -0.39 is 0 Å². The summed E-state index contributed by atoms with van der Waals surface area (Å²) in [4.78, 5) is 11.4. The van der Waals surface area contributed by atoms with Crippen LogP contribution in [0.3, 0.4) is 0 Å². The fourth-order valence-corrected chi connectivity index (χ4v) is 2.13. The van der Waals surface area contributed by atoms with Gasteiger partial charge in [-0.1, -0.05) is 19.8 Å². The Kier molecular flexibility index (Phi) is 3.31. The summed E-state index contributed by atoms with van der Waals surface area (Å²) in [6, 6.07) is 0. The van der Waals surface area contributed by atoms with Crippen molar-refractivity contribution in [2.45, 2.75) is 32.6 Å². The van der Waals surface area contributed by atoms with E-state index in [4.69, 9.17) is 4.74 Å². The third kappa shape index (κ3) is 2.02. The van der Waals surface area contributed by atoms with Crippen LogP contribution < -0.4 is 0 Å². The number of hydrogen-bond donors (Lipinski definition) is 1. The second-order valence-corrected chi connectivity index (χ2v) is 4.13. The molecule has 0 aromatic carbocycles. The first-order valence-corrected chi connectivity index (χ1v) is 4.83. The van der Waals surface area contributed by atoms with Crippen LogP contribution in [0.25, 0.3) is 0 Å². The molecule has 0 amide bonds. The molecule has 0 aliphatic heterocycles. The highest BCUT2D eigenvalue weighted by Gasteiger charge is 2.41. The molecule has 3 nitrogen and oxygen atoms in total. The lowest BCUT2D eigenvalue weighted by Crippen LogP contribution is -2.39. The van der Waals surface area contributed by atoms with E-state index in [1.54, 1.807) is 0 Å². The summed E-state index contributed by atoms with van der Waals surface area (Å²) in [6.07, 6.45) is 3.94. The summed E-state index contributed by atoms with van der Waals surface area (Å²) in [6.45, 7) is 2.04. The second-order valence-electron chi connectivity index (χ2n) is 4.13. The van der Waals surface area contributed by atoms with Gasteiger partial charge in [0, 0.05) is 12.0 Å². The van der Waals surface area contributed by atoms with Crippen molar-refractivity contribution < 1.29 is 14.6 Å². The van der Waals surface area contributed by atoms with E-state index in [1.165, 1.54) is 7.11 Å². The molecule has 0 bridgehead atoms. The van der Waals surface area contributed by atoms with Crippen LogP contribution >= 0.6 is 0 Å². The van der Waals surface area contributed by atoms with Gasteiger partial charge in [0.2, 0.25) is 0 Å². The SMILES string of the molecule is COC(=O)C1CCCCC1(C)CO. The summed E-state index contributed by atoms with van der Waals surface area (Å²) in [7, 11) is 1.41. The highest BCUT2D eigenvalue weighted by Crippen LogP contribution is 2.41. The van der Waals surface area contributed by atoms with E-state index in [9.17, 15) is 9.90 Å². The van der Waals surface area contributed by atoms with Gasteiger partial charge in [0.25, 0.3) is 0 Å². The van der Waals surface area contributed by atoms with Gasteiger partial charge in [-0.05, 0) is 12.8 Å². The fraction of sp³-hybridized carbons (Fsp3) is 0.900. The molecule has 3 heteroatoms. The van der Waals surface area contributed by atoms with E-state index in [2.05, 4.69) is 0 Å². The predicted molar refractivity (Wildman–Crippen MR) is 49.2 cm³/mol. The third-order valence-corrected chi connectivity index (χ3v) is 3.18. The Bertz CT molecular complexity index is 191. The van der Waals surface area contributed by atoms with Crippen LogP contribution in [0.15, 0.2) is 0 Å². The Balaban J connectivity index is 2.72. The van der Waals surface area contributed by atoms with Crippen LogP contribution in [-0.4, -0.2) is 24.8 Å². The summed E-state index contributed by atoms with van der Waals surface area (Å²) in [5.41, 5.74) is -0.259. The molecule has 0 saturated heterocycles. The van der Waals surface area contributed by atoms with Gasteiger partial charge < -0.3 is 9.84 Å². The minimum Gasteiger partial charge on any atom is -0.469 e. The first-order valence-electron chi connectivity index (χ1n) is 4.83. The molecule has 1 N–H and O–H groups in total. The van der Waals surface area contributed by atoms with Gasteiger partial charge in [-0.2, -0.15) is 0 Å². The molecule has 0 radical (unpaired) electrons. The molecule has 1 aliphatic carbocycles. The molecule has 0 aromatic rings. The third-order valence-electron chi connectivity index (χ3n) is 3.18. The number of carbonyl (C=O) groups excluding carboxylic acids is 1. The quantitative estimate of drug-likeness (QED) is 0.662. The molecular formula is C10H18O3. The van der Waals surface area contributed by atoms with Crippen LogP contribution in [0.4, 0.5) is 0 Å². The topological polar surface area (TPSA) is 46.5 Å². The zero-order valence-electron chi connectivity index (χ0n) is 8.38. The minimum atomic E-state index is -0.259. The Labute approximate surface area is 79.1 Å². The van der Waals surface area contributed by atoms with Gasteiger partial charge in [0.15, 0.2) is 0 Å². The summed E-state index contributed by atoms with van der Waals surface area (Å²) in [5.74, 6) is -0.285. The lowest BCUT2D eigenvalue weighted by atomic mass is 9.68. The molecule has 2 unspecified atom stereocenters. The van der Waals surface area contributed by atoms with Gasteiger partial charge in [0.1, 0.15) is 0 Å². The molecule has 1 fully saturated rings. The lowest BCUT2D eigenvalue weighted by molar-refractivity contribution is -0.153. The maximum absolute atomic E-state index is 11.4. The predicted octanol–water partition coefficient (Wildman–Crippen LogP) is 1.35.